The highest BCUT2D eigenvalue weighted by Gasteiger charge is 2.24. The maximum Gasteiger partial charge on any atom is 0.239 e. The second-order valence-corrected chi connectivity index (χ2v) is 5.28. The Morgan fingerprint density at radius 1 is 1.45 bits per heavy atom. The van der Waals surface area contributed by atoms with Crippen LogP contribution in [0.15, 0.2) is 24.3 Å². The number of carbonyl (C=O) groups is 2. The quantitative estimate of drug-likeness (QED) is 0.731. The summed E-state index contributed by atoms with van der Waals surface area (Å²) in [6, 6.07) is 7.89. The largest absolute Gasteiger partial charge is 0.353 e. The second kappa shape index (κ2) is 6.52. The van der Waals surface area contributed by atoms with Crippen molar-refractivity contribution in [2.45, 2.75) is 32.4 Å². The van der Waals surface area contributed by atoms with E-state index in [-0.39, 0.29) is 30.4 Å². The fourth-order valence-corrected chi connectivity index (χ4v) is 2.32. The standard InChI is InChI=1S/C15H21N3O2/c1-10-5-3-4-6-12(10)7-11(2)18-15(20)13-8-17-14(19)9-16-13/h3-6,11,13,16H,7-9H2,1-2H3,(H,17,19)(H,18,20). The van der Waals surface area contributed by atoms with Crippen molar-refractivity contribution < 1.29 is 9.59 Å². The zero-order valence-electron chi connectivity index (χ0n) is 11.9. The molecule has 1 aliphatic rings. The molecule has 2 rings (SSSR count). The first-order valence-corrected chi connectivity index (χ1v) is 6.91. The van der Waals surface area contributed by atoms with Crippen molar-refractivity contribution in [1.29, 1.82) is 0 Å². The van der Waals surface area contributed by atoms with Gasteiger partial charge in [-0.2, -0.15) is 0 Å². The second-order valence-electron chi connectivity index (χ2n) is 5.28. The van der Waals surface area contributed by atoms with Gasteiger partial charge in [0.1, 0.15) is 6.04 Å². The van der Waals surface area contributed by atoms with Crippen LogP contribution < -0.4 is 16.0 Å². The number of hydrogen-bond donors (Lipinski definition) is 3. The summed E-state index contributed by atoms with van der Waals surface area (Å²) in [7, 11) is 0. The van der Waals surface area contributed by atoms with E-state index >= 15 is 0 Å². The summed E-state index contributed by atoms with van der Waals surface area (Å²) in [6.45, 7) is 4.61. The van der Waals surface area contributed by atoms with Crippen LogP contribution >= 0.6 is 0 Å². The zero-order valence-corrected chi connectivity index (χ0v) is 11.9. The Morgan fingerprint density at radius 2 is 2.20 bits per heavy atom. The van der Waals surface area contributed by atoms with Crippen molar-refractivity contribution in [3.63, 3.8) is 0 Å². The highest BCUT2D eigenvalue weighted by molar-refractivity contribution is 5.86. The van der Waals surface area contributed by atoms with E-state index in [0.717, 1.165) is 6.42 Å². The summed E-state index contributed by atoms with van der Waals surface area (Å²) in [4.78, 5) is 23.1. The number of carbonyl (C=O) groups excluding carboxylic acids is 2. The van der Waals surface area contributed by atoms with Gasteiger partial charge in [0.15, 0.2) is 0 Å². The maximum atomic E-state index is 12.1. The van der Waals surface area contributed by atoms with Crippen molar-refractivity contribution in [2.24, 2.45) is 0 Å². The molecule has 1 saturated heterocycles. The number of nitrogens with one attached hydrogen (secondary N) is 3. The van der Waals surface area contributed by atoms with Gasteiger partial charge in [0.25, 0.3) is 0 Å². The van der Waals surface area contributed by atoms with Gasteiger partial charge < -0.3 is 10.6 Å². The van der Waals surface area contributed by atoms with Gasteiger partial charge in [0.05, 0.1) is 6.54 Å². The third-order valence-corrected chi connectivity index (χ3v) is 3.50. The lowest BCUT2D eigenvalue weighted by Gasteiger charge is -2.25. The summed E-state index contributed by atoms with van der Waals surface area (Å²) >= 11 is 0. The van der Waals surface area contributed by atoms with Crippen LogP contribution in [0.1, 0.15) is 18.1 Å². The van der Waals surface area contributed by atoms with E-state index in [1.807, 2.05) is 19.1 Å². The van der Waals surface area contributed by atoms with Crippen molar-refractivity contribution in [2.75, 3.05) is 13.1 Å². The fourth-order valence-electron chi connectivity index (χ4n) is 2.32. The Kier molecular flexibility index (Phi) is 4.74. The number of hydrogen-bond acceptors (Lipinski definition) is 3. The minimum atomic E-state index is -0.341. The number of rotatable bonds is 4. The Hall–Kier alpha value is -1.88. The van der Waals surface area contributed by atoms with E-state index in [1.54, 1.807) is 0 Å². The average Bonchev–Trinajstić information content (AvgIpc) is 2.42. The molecule has 3 N–H and O–H groups in total. The molecule has 0 radical (unpaired) electrons. The van der Waals surface area contributed by atoms with E-state index in [9.17, 15) is 9.59 Å². The van der Waals surface area contributed by atoms with E-state index in [0.29, 0.717) is 6.54 Å². The summed E-state index contributed by atoms with van der Waals surface area (Å²) in [5.41, 5.74) is 2.47. The van der Waals surface area contributed by atoms with Gasteiger partial charge in [-0.05, 0) is 31.4 Å². The van der Waals surface area contributed by atoms with Gasteiger partial charge in [-0.15, -0.1) is 0 Å². The molecule has 2 amide bonds. The highest BCUT2D eigenvalue weighted by Crippen LogP contribution is 2.09. The van der Waals surface area contributed by atoms with E-state index in [4.69, 9.17) is 0 Å². The van der Waals surface area contributed by atoms with Gasteiger partial charge in [-0.1, -0.05) is 24.3 Å². The highest BCUT2D eigenvalue weighted by atomic mass is 16.2. The molecule has 2 atom stereocenters. The van der Waals surface area contributed by atoms with Gasteiger partial charge >= 0.3 is 0 Å². The van der Waals surface area contributed by atoms with Crippen LogP contribution in [0.25, 0.3) is 0 Å². The summed E-state index contributed by atoms with van der Waals surface area (Å²) in [5.74, 6) is -0.131. The van der Waals surface area contributed by atoms with Gasteiger partial charge in [-0.25, -0.2) is 0 Å². The first-order valence-electron chi connectivity index (χ1n) is 6.91. The normalized spacial score (nSPS) is 20.1. The number of benzene rings is 1. The number of aryl methyl sites for hydroxylation is 1. The summed E-state index contributed by atoms with van der Waals surface area (Å²) in [5, 5.41) is 8.60. The number of piperazine rings is 1. The lowest BCUT2D eigenvalue weighted by molar-refractivity contribution is -0.126. The predicted molar refractivity (Wildman–Crippen MR) is 77.3 cm³/mol. The molecule has 0 spiro atoms. The molecule has 1 fully saturated rings. The molecule has 108 valence electrons. The molecule has 2 unspecified atom stereocenters. The van der Waals surface area contributed by atoms with Crippen LogP contribution in [0.4, 0.5) is 0 Å². The van der Waals surface area contributed by atoms with Crippen LogP contribution in [0.3, 0.4) is 0 Å². The molecule has 5 nitrogen and oxygen atoms in total. The molecule has 0 aliphatic carbocycles. The first kappa shape index (κ1) is 14.5. The molecule has 5 heteroatoms. The third-order valence-electron chi connectivity index (χ3n) is 3.50. The van der Waals surface area contributed by atoms with Gasteiger partial charge in [0.2, 0.25) is 11.8 Å². The van der Waals surface area contributed by atoms with E-state index in [2.05, 4.69) is 35.0 Å². The van der Waals surface area contributed by atoms with Gasteiger partial charge in [0, 0.05) is 12.6 Å². The molecular weight excluding hydrogens is 254 g/mol. The number of amides is 2. The fraction of sp³-hybridized carbons (Fsp3) is 0.467. The molecule has 0 bridgehead atoms. The molecule has 20 heavy (non-hydrogen) atoms. The van der Waals surface area contributed by atoms with Crippen molar-refractivity contribution >= 4 is 11.8 Å². The van der Waals surface area contributed by atoms with E-state index < -0.39 is 0 Å². The SMILES string of the molecule is Cc1ccccc1CC(C)NC(=O)C1CNC(=O)CN1. The smallest absolute Gasteiger partial charge is 0.239 e. The van der Waals surface area contributed by atoms with Crippen molar-refractivity contribution in [3.05, 3.63) is 35.4 Å². The topological polar surface area (TPSA) is 70.2 Å². The lowest BCUT2D eigenvalue weighted by Crippen LogP contribution is -2.59. The van der Waals surface area contributed by atoms with Gasteiger partial charge in [-0.3, -0.25) is 14.9 Å². The minimum Gasteiger partial charge on any atom is -0.353 e. The van der Waals surface area contributed by atoms with Crippen LogP contribution in [0.5, 0.6) is 0 Å². The van der Waals surface area contributed by atoms with Crippen LogP contribution in [0, 0.1) is 6.92 Å². The zero-order chi connectivity index (χ0) is 14.5. The average molecular weight is 275 g/mol. The molecule has 1 aromatic rings. The third kappa shape index (κ3) is 3.81. The summed E-state index contributed by atoms with van der Waals surface area (Å²) < 4.78 is 0. The van der Waals surface area contributed by atoms with Crippen LogP contribution in [-0.2, 0) is 16.0 Å². The Balaban J connectivity index is 1.85. The molecule has 1 aromatic carbocycles. The molecular formula is C15H21N3O2. The summed E-state index contributed by atoms with van der Waals surface area (Å²) in [6.07, 6.45) is 0.803. The van der Waals surface area contributed by atoms with Crippen LogP contribution in [-0.4, -0.2) is 37.0 Å². The molecule has 1 heterocycles. The molecule has 0 saturated carbocycles. The van der Waals surface area contributed by atoms with E-state index in [1.165, 1.54) is 11.1 Å². The van der Waals surface area contributed by atoms with Crippen molar-refractivity contribution in [1.82, 2.24) is 16.0 Å². The van der Waals surface area contributed by atoms with Crippen molar-refractivity contribution in [3.8, 4) is 0 Å². The Morgan fingerprint density at radius 3 is 2.85 bits per heavy atom. The van der Waals surface area contributed by atoms with Crippen LogP contribution in [0.2, 0.25) is 0 Å². The molecule has 0 aromatic heterocycles. The maximum absolute atomic E-state index is 12.1. The minimum absolute atomic E-state index is 0.0584. The monoisotopic (exact) mass is 275 g/mol. The molecule has 1 aliphatic heterocycles. The predicted octanol–water partition coefficient (Wildman–Crippen LogP) is 0.130. The lowest BCUT2D eigenvalue weighted by atomic mass is 10.0. The Labute approximate surface area is 119 Å². The Bertz CT molecular complexity index is 492. The first-order chi connectivity index (χ1) is 9.56.